The lowest BCUT2D eigenvalue weighted by atomic mass is 9.89. The Hall–Kier alpha value is -1.10. The fourth-order valence-corrected chi connectivity index (χ4v) is 2.53. The molecule has 0 unspecified atom stereocenters. The van der Waals surface area contributed by atoms with Gasteiger partial charge in [-0.2, -0.15) is 13.2 Å². The number of benzene rings is 1. The lowest BCUT2D eigenvalue weighted by Crippen LogP contribution is -2.40. The summed E-state index contributed by atoms with van der Waals surface area (Å²) in [6.45, 7) is 1.53. The van der Waals surface area contributed by atoms with E-state index in [0.29, 0.717) is 0 Å². The van der Waals surface area contributed by atoms with Crippen molar-refractivity contribution < 1.29 is 17.6 Å². The molecule has 2 aliphatic rings. The molecule has 3 rings (SSSR count). The summed E-state index contributed by atoms with van der Waals surface area (Å²) in [5.74, 6) is -0.483. The third-order valence-corrected chi connectivity index (χ3v) is 4.05. The third-order valence-electron chi connectivity index (χ3n) is 4.05. The lowest BCUT2D eigenvalue weighted by molar-refractivity contribution is -0.161. The zero-order valence-electron chi connectivity index (χ0n) is 9.65. The van der Waals surface area contributed by atoms with Crippen LogP contribution in [0, 0.1) is 5.82 Å². The van der Waals surface area contributed by atoms with Crippen molar-refractivity contribution >= 4 is 0 Å². The first-order valence-electron chi connectivity index (χ1n) is 6.01. The van der Waals surface area contributed by atoms with Gasteiger partial charge in [0.2, 0.25) is 0 Å². The smallest absolute Gasteiger partial charge is 0.315 e. The zero-order chi connectivity index (χ0) is 13.0. The molecule has 1 nitrogen and oxygen atoms in total. The van der Waals surface area contributed by atoms with Crippen molar-refractivity contribution in [3.05, 3.63) is 35.1 Å². The monoisotopic (exact) mass is 259 g/mol. The van der Waals surface area contributed by atoms with Crippen molar-refractivity contribution in [3.8, 4) is 0 Å². The molecule has 1 aliphatic carbocycles. The van der Waals surface area contributed by atoms with E-state index in [0.717, 1.165) is 18.7 Å². The summed E-state index contributed by atoms with van der Waals surface area (Å²) >= 11 is 0. The van der Waals surface area contributed by atoms with Gasteiger partial charge in [-0.1, -0.05) is 12.1 Å². The van der Waals surface area contributed by atoms with Gasteiger partial charge in [0.25, 0.3) is 0 Å². The molecule has 18 heavy (non-hydrogen) atoms. The molecule has 0 radical (unpaired) electrons. The Morgan fingerprint density at radius 1 is 1.17 bits per heavy atom. The van der Waals surface area contributed by atoms with E-state index >= 15 is 0 Å². The zero-order valence-corrected chi connectivity index (χ0v) is 9.65. The molecule has 1 saturated heterocycles. The normalized spacial score (nSPS) is 22.7. The molecule has 1 N–H and O–H groups in total. The fraction of sp³-hybridized carbons (Fsp3) is 0.538. The second-order valence-electron chi connectivity index (χ2n) is 5.17. The summed E-state index contributed by atoms with van der Waals surface area (Å²) in [6.07, 6.45) is -4.36. The highest BCUT2D eigenvalue weighted by molar-refractivity contribution is 5.38. The summed E-state index contributed by atoms with van der Waals surface area (Å²) in [7, 11) is 0. The van der Waals surface area contributed by atoms with Gasteiger partial charge < -0.3 is 5.32 Å². The summed E-state index contributed by atoms with van der Waals surface area (Å²) in [5, 5.41) is 3.06. The Morgan fingerprint density at radius 2 is 1.83 bits per heavy atom. The maximum absolute atomic E-state index is 13.9. The molecule has 1 saturated carbocycles. The molecule has 0 aromatic heterocycles. The van der Waals surface area contributed by atoms with Crippen molar-refractivity contribution in [2.24, 2.45) is 0 Å². The number of hydrogen-bond acceptors (Lipinski definition) is 1. The van der Waals surface area contributed by atoms with E-state index in [1.807, 2.05) is 0 Å². The van der Waals surface area contributed by atoms with Crippen LogP contribution in [-0.2, 0) is 5.41 Å². The van der Waals surface area contributed by atoms with Gasteiger partial charge in [-0.3, -0.25) is 0 Å². The Kier molecular flexibility index (Phi) is 2.46. The van der Waals surface area contributed by atoms with E-state index < -0.39 is 17.4 Å². The molecule has 0 bridgehead atoms. The maximum Gasteiger partial charge on any atom is 0.398 e. The van der Waals surface area contributed by atoms with Gasteiger partial charge in [0.05, 0.1) is 5.41 Å². The molecule has 1 aromatic carbocycles. The van der Waals surface area contributed by atoms with Crippen LogP contribution in [-0.4, -0.2) is 19.3 Å². The summed E-state index contributed by atoms with van der Waals surface area (Å²) in [6, 6.07) is 4.23. The van der Waals surface area contributed by atoms with Crippen molar-refractivity contribution in [1.29, 1.82) is 0 Å². The average Bonchev–Trinajstić information content (AvgIpc) is 2.94. The average molecular weight is 259 g/mol. The van der Waals surface area contributed by atoms with Gasteiger partial charge >= 0.3 is 6.18 Å². The van der Waals surface area contributed by atoms with Crippen LogP contribution in [0.1, 0.15) is 29.9 Å². The van der Waals surface area contributed by atoms with Crippen LogP contribution < -0.4 is 5.32 Å². The Labute approximate surface area is 102 Å². The van der Waals surface area contributed by atoms with Crippen molar-refractivity contribution in [1.82, 2.24) is 5.32 Å². The SMILES string of the molecule is Fc1cc(C2CNC2)ccc1C1(C(F)(F)F)CC1. The Morgan fingerprint density at radius 3 is 2.22 bits per heavy atom. The molecule has 98 valence electrons. The van der Waals surface area contributed by atoms with Gasteiger partial charge in [0.15, 0.2) is 0 Å². The number of alkyl halides is 3. The molecular formula is C13H13F4N. The first-order chi connectivity index (χ1) is 8.44. The van der Waals surface area contributed by atoms with E-state index in [4.69, 9.17) is 0 Å². The number of hydrogen-bond donors (Lipinski definition) is 1. The van der Waals surface area contributed by atoms with E-state index in [9.17, 15) is 17.6 Å². The number of halogens is 4. The number of nitrogens with one attached hydrogen (secondary N) is 1. The minimum Gasteiger partial charge on any atom is -0.315 e. The molecule has 5 heteroatoms. The van der Waals surface area contributed by atoms with Gasteiger partial charge in [-0.25, -0.2) is 4.39 Å². The molecule has 2 fully saturated rings. The lowest BCUT2D eigenvalue weighted by Gasteiger charge is -2.28. The molecule has 1 heterocycles. The molecule has 1 aliphatic heterocycles. The predicted molar refractivity (Wildman–Crippen MR) is 59.0 cm³/mol. The van der Waals surface area contributed by atoms with E-state index in [-0.39, 0.29) is 24.3 Å². The van der Waals surface area contributed by atoms with Crippen LogP contribution in [0.25, 0.3) is 0 Å². The minimum atomic E-state index is -4.35. The first-order valence-corrected chi connectivity index (χ1v) is 6.01. The summed E-state index contributed by atoms with van der Waals surface area (Å²) in [4.78, 5) is 0. The van der Waals surface area contributed by atoms with Crippen LogP contribution in [0.3, 0.4) is 0 Å². The van der Waals surface area contributed by atoms with Crippen molar-refractivity contribution in [3.63, 3.8) is 0 Å². The molecule has 1 aromatic rings. The second-order valence-corrected chi connectivity index (χ2v) is 5.17. The molecule has 0 atom stereocenters. The fourth-order valence-electron chi connectivity index (χ4n) is 2.53. The highest BCUT2D eigenvalue weighted by Gasteiger charge is 2.65. The van der Waals surface area contributed by atoms with E-state index in [1.165, 1.54) is 12.1 Å². The summed E-state index contributed by atoms with van der Waals surface area (Å²) in [5.41, 5.74) is -1.33. The number of rotatable bonds is 2. The van der Waals surface area contributed by atoms with E-state index in [2.05, 4.69) is 5.32 Å². The largest absolute Gasteiger partial charge is 0.398 e. The van der Waals surface area contributed by atoms with Crippen molar-refractivity contribution in [2.45, 2.75) is 30.4 Å². The second kappa shape index (κ2) is 3.70. The highest BCUT2D eigenvalue weighted by atomic mass is 19.4. The van der Waals surface area contributed by atoms with E-state index in [1.54, 1.807) is 6.07 Å². The first kappa shape index (κ1) is 12.0. The third kappa shape index (κ3) is 1.64. The van der Waals surface area contributed by atoms with Gasteiger partial charge in [-0.05, 0) is 24.5 Å². The van der Waals surface area contributed by atoms with Gasteiger partial charge in [0, 0.05) is 24.6 Å². The standard InChI is InChI=1S/C13H13F4N/c14-11-5-8(9-6-18-7-9)1-2-10(11)12(3-4-12)13(15,16)17/h1-2,5,9,18H,3-4,6-7H2. The molecule has 0 amide bonds. The maximum atomic E-state index is 13.9. The Bertz CT molecular complexity index is 472. The van der Waals surface area contributed by atoms with Crippen LogP contribution in [0.15, 0.2) is 18.2 Å². The summed E-state index contributed by atoms with van der Waals surface area (Å²) < 4.78 is 52.7. The topological polar surface area (TPSA) is 12.0 Å². The molecule has 0 spiro atoms. The van der Waals surface area contributed by atoms with Crippen molar-refractivity contribution in [2.75, 3.05) is 13.1 Å². The molecular weight excluding hydrogens is 246 g/mol. The van der Waals surface area contributed by atoms with Crippen LogP contribution in [0.5, 0.6) is 0 Å². The van der Waals surface area contributed by atoms with Crippen LogP contribution in [0.4, 0.5) is 17.6 Å². The van der Waals surface area contributed by atoms with Gasteiger partial charge in [0.1, 0.15) is 5.82 Å². The quantitative estimate of drug-likeness (QED) is 0.805. The predicted octanol–water partition coefficient (Wildman–Crippen LogP) is 3.11. The minimum absolute atomic E-state index is 0.00223. The van der Waals surface area contributed by atoms with Crippen LogP contribution >= 0.6 is 0 Å². The van der Waals surface area contributed by atoms with Gasteiger partial charge in [-0.15, -0.1) is 0 Å². The highest BCUT2D eigenvalue weighted by Crippen LogP contribution is 2.59. The van der Waals surface area contributed by atoms with Crippen LogP contribution in [0.2, 0.25) is 0 Å². The Balaban J connectivity index is 1.94.